The van der Waals surface area contributed by atoms with Crippen molar-refractivity contribution in [3.05, 3.63) is 0 Å². The van der Waals surface area contributed by atoms with Gasteiger partial charge in [-0.15, -0.1) is 0 Å². The first-order valence-electron chi connectivity index (χ1n) is 5.09. The van der Waals surface area contributed by atoms with Crippen LogP contribution in [0.5, 0.6) is 0 Å². The zero-order valence-electron chi connectivity index (χ0n) is 10.3. The van der Waals surface area contributed by atoms with E-state index >= 15 is 0 Å². The summed E-state index contributed by atoms with van der Waals surface area (Å²) in [4.78, 5) is 47.2. The van der Waals surface area contributed by atoms with E-state index in [1.54, 1.807) is 6.92 Å². The molecule has 0 spiro atoms. The molecule has 2 N–H and O–H groups in total. The molecular formula is C8H17O9P. The van der Waals surface area contributed by atoms with Crippen molar-refractivity contribution in [1.82, 2.24) is 0 Å². The highest BCUT2D eigenvalue weighted by molar-refractivity contribution is 7.53. The van der Waals surface area contributed by atoms with Gasteiger partial charge in [0.05, 0.1) is 13.2 Å². The van der Waals surface area contributed by atoms with Crippen molar-refractivity contribution in [2.75, 3.05) is 19.8 Å². The van der Waals surface area contributed by atoms with E-state index in [1.807, 2.05) is 0 Å². The topological polar surface area (TPSA) is 121 Å². The zero-order chi connectivity index (χ0) is 14.2. The quantitative estimate of drug-likeness (QED) is 0.154. The minimum atomic E-state index is -5.03. The smallest absolute Gasteiger partial charge is 0.402 e. The zero-order valence-corrected chi connectivity index (χ0v) is 11.2. The molecule has 0 aliphatic rings. The van der Waals surface area contributed by atoms with Gasteiger partial charge in [-0.2, -0.15) is 4.89 Å². The molecule has 1 atom stereocenters. The molecule has 0 aliphatic carbocycles. The third-order valence-electron chi connectivity index (χ3n) is 1.50. The fourth-order valence-corrected chi connectivity index (χ4v) is 1.46. The Bertz CT molecular complexity index is 301. The van der Waals surface area contributed by atoms with Crippen LogP contribution in [0.25, 0.3) is 0 Å². The molecule has 18 heavy (non-hydrogen) atoms. The molecule has 0 aromatic rings. The molecule has 9 nitrogen and oxygen atoms in total. The lowest BCUT2D eigenvalue weighted by Crippen LogP contribution is -2.42. The fourth-order valence-electron chi connectivity index (χ4n) is 0.838. The number of carbonyl (C=O) groups excluding carboxylic acids is 1. The van der Waals surface area contributed by atoms with E-state index in [4.69, 9.17) is 0 Å². The molecule has 0 amide bonds. The maximum Gasteiger partial charge on any atom is 0.402 e. The molecule has 10 heteroatoms. The minimum absolute atomic E-state index is 0.0162. The van der Waals surface area contributed by atoms with Gasteiger partial charge in [0.1, 0.15) is 0 Å². The van der Waals surface area contributed by atoms with Gasteiger partial charge in [-0.3, -0.25) is 9.36 Å². The summed E-state index contributed by atoms with van der Waals surface area (Å²) in [6.07, 6.45) is 0. The molecule has 0 aromatic heterocycles. The molecule has 0 aliphatic heterocycles. The number of ether oxygens (including phenoxy) is 1. The van der Waals surface area contributed by atoms with E-state index in [0.29, 0.717) is 0 Å². The average molecular weight is 288 g/mol. The predicted octanol–water partition coefficient (Wildman–Crippen LogP) is 0.317. The maximum atomic E-state index is 11.4. The van der Waals surface area contributed by atoms with Gasteiger partial charge in [0, 0.05) is 6.92 Å². The van der Waals surface area contributed by atoms with E-state index in [-0.39, 0.29) is 13.2 Å². The Morgan fingerprint density at radius 3 is 2.11 bits per heavy atom. The molecule has 1 unspecified atom stereocenters. The minimum Gasteiger partial charge on any atom is -0.417 e. The summed E-state index contributed by atoms with van der Waals surface area (Å²) in [5.74, 6) is -0.974. The van der Waals surface area contributed by atoms with Crippen molar-refractivity contribution >= 4 is 13.6 Å². The normalized spacial score (nSPS) is 15.2. The van der Waals surface area contributed by atoms with Gasteiger partial charge in [-0.05, 0) is 13.8 Å². The van der Waals surface area contributed by atoms with Gasteiger partial charge in [-0.25, -0.2) is 14.7 Å². The largest absolute Gasteiger partial charge is 0.417 e. The third kappa shape index (κ3) is 5.40. The standard InChI is InChI=1S/C8H17O9P/c1-4-13-15-6-8(16-7(3)9,17-14-5-2)18(10,11)12/h4-6H2,1-3H3,(H2,10,11,12). The van der Waals surface area contributed by atoms with E-state index in [9.17, 15) is 19.1 Å². The first-order chi connectivity index (χ1) is 8.29. The molecule has 0 rings (SSSR count). The first kappa shape index (κ1) is 17.5. The molecule has 0 saturated carbocycles. The number of esters is 1. The summed E-state index contributed by atoms with van der Waals surface area (Å²) in [6, 6.07) is 0. The lowest BCUT2D eigenvalue weighted by Gasteiger charge is -2.30. The second kappa shape index (κ2) is 7.80. The first-order valence-corrected chi connectivity index (χ1v) is 6.70. The van der Waals surface area contributed by atoms with Gasteiger partial charge in [0.2, 0.25) is 0 Å². The highest BCUT2D eigenvalue weighted by atomic mass is 31.2. The molecule has 0 bridgehead atoms. The van der Waals surface area contributed by atoms with Crippen LogP contribution in [0.15, 0.2) is 0 Å². The van der Waals surface area contributed by atoms with Crippen LogP contribution >= 0.6 is 7.60 Å². The second-order valence-corrected chi connectivity index (χ2v) is 4.78. The third-order valence-corrected chi connectivity index (χ3v) is 2.68. The van der Waals surface area contributed by atoms with Crippen LogP contribution in [0.3, 0.4) is 0 Å². The van der Waals surface area contributed by atoms with Gasteiger partial charge in [-0.1, -0.05) is 0 Å². The number of carbonyl (C=O) groups is 1. The Labute approximate surface area is 104 Å². The van der Waals surface area contributed by atoms with E-state index in [0.717, 1.165) is 6.92 Å². The van der Waals surface area contributed by atoms with Crippen LogP contribution in [-0.4, -0.2) is 41.1 Å². The number of hydrogen-bond acceptors (Lipinski definition) is 7. The molecule has 0 aromatic carbocycles. The average Bonchev–Trinajstić information content (AvgIpc) is 2.23. The summed E-state index contributed by atoms with van der Waals surface area (Å²) < 4.78 is 15.9. The SMILES string of the molecule is CCOOCC(OOCC)(OC(C)=O)P(=O)(O)O. The van der Waals surface area contributed by atoms with Crippen molar-refractivity contribution < 1.29 is 43.4 Å². The summed E-state index contributed by atoms with van der Waals surface area (Å²) in [5.41, 5.74) is -2.69. The molecular weight excluding hydrogens is 271 g/mol. The van der Waals surface area contributed by atoms with Crippen LogP contribution in [-0.2, 0) is 33.6 Å². The fraction of sp³-hybridized carbons (Fsp3) is 0.875. The monoisotopic (exact) mass is 288 g/mol. The Morgan fingerprint density at radius 1 is 1.17 bits per heavy atom. The molecule has 0 fully saturated rings. The molecule has 108 valence electrons. The van der Waals surface area contributed by atoms with E-state index < -0.39 is 25.7 Å². The highest BCUT2D eigenvalue weighted by Crippen LogP contribution is 2.52. The van der Waals surface area contributed by atoms with Crippen molar-refractivity contribution in [3.63, 3.8) is 0 Å². The lowest BCUT2D eigenvalue weighted by molar-refractivity contribution is -0.423. The van der Waals surface area contributed by atoms with Crippen molar-refractivity contribution in [2.45, 2.75) is 26.3 Å². The van der Waals surface area contributed by atoms with E-state index in [2.05, 4.69) is 24.3 Å². The summed E-state index contributed by atoms with van der Waals surface area (Å²) >= 11 is 0. The van der Waals surface area contributed by atoms with Crippen molar-refractivity contribution in [2.24, 2.45) is 0 Å². The Kier molecular flexibility index (Phi) is 7.56. The highest BCUT2D eigenvalue weighted by Gasteiger charge is 2.55. The summed E-state index contributed by atoms with van der Waals surface area (Å²) in [6.45, 7) is 3.34. The van der Waals surface area contributed by atoms with Crippen LogP contribution in [0.1, 0.15) is 20.8 Å². The summed E-state index contributed by atoms with van der Waals surface area (Å²) in [5, 5.41) is 0. The van der Waals surface area contributed by atoms with Gasteiger partial charge < -0.3 is 14.5 Å². The Morgan fingerprint density at radius 2 is 1.72 bits per heavy atom. The Hall–Kier alpha value is -0.540. The van der Waals surface area contributed by atoms with Crippen LogP contribution in [0.2, 0.25) is 0 Å². The molecule has 0 heterocycles. The van der Waals surface area contributed by atoms with Crippen molar-refractivity contribution in [1.29, 1.82) is 0 Å². The number of hydrogen-bond donors (Lipinski definition) is 2. The molecule has 0 radical (unpaired) electrons. The van der Waals surface area contributed by atoms with Gasteiger partial charge in [0.15, 0.2) is 6.61 Å². The maximum absolute atomic E-state index is 11.4. The van der Waals surface area contributed by atoms with Crippen LogP contribution in [0.4, 0.5) is 0 Å². The predicted molar refractivity (Wildman–Crippen MR) is 56.8 cm³/mol. The van der Waals surface area contributed by atoms with Crippen molar-refractivity contribution in [3.8, 4) is 0 Å². The summed E-state index contributed by atoms with van der Waals surface area (Å²) in [7, 11) is -5.03. The van der Waals surface area contributed by atoms with Crippen LogP contribution < -0.4 is 0 Å². The van der Waals surface area contributed by atoms with Gasteiger partial charge in [0.25, 0.3) is 0 Å². The van der Waals surface area contributed by atoms with Gasteiger partial charge >= 0.3 is 19.1 Å². The lowest BCUT2D eigenvalue weighted by atomic mass is 10.6. The van der Waals surface area contributed by atoms with Crippen LogP contribution in [0, 0.1) is 0 Å². The molecule has 0 saturated heterocycles. The Balaban J connectivity index is 5.00. The second-order valence-electron chi connectivity index (χ2n) is 3.01. The van der Waals surface area contributed by atoms with E-state index in [1.165, 1.54) is 6.92 Å². The number of rotatable bonds is 9.